The van der Waals surface area contributed by atoms with Gasteiger partial charge in [0.1, 0.15) is 5.76 Å². The second kappa shape index (κ2) is 3.76. The van der Waals surface area contributed by atoms with Crippen LogP contribution in [0.2, 0.25) is 0 Å². The quantitative estimate of drug-likeness (QED) is 0.672. The fourth-order valence-electron chi connectivity index (χ4n) is 1.66. The molecule has 0 radical (unpaired) electrons. The highest BCUT2D eigenvalue weighted by molar-refractivity contribution is 4.99. The molecule has 0 aliphatic carbocycles. The lowest BCUT2D eigenvalue weighted by atomic mass is 9.95. The van der Waals surface area contributed by atoms with Crippen molar-refractivity contribution >= 4 is 0 Å². The average Bonchev–Trinajstić information content (AvgIpc) is 2.59. The van der Waals surface area contributed by atoms with Gasteiger partial charge in [0.05, 0.1) is 6.26 Å². The fourth-order valence-corrected chi connectivity index (χ4v) is 1.66. The molecule has 2 rings (SSSR count). The van der Waals surface area contributed by atoms with Crippen LogP contribution in [-0.2, 0) is 11.2 Å². The minimum absolute atomic E-state index is 0.768. The van der Waals surface area contributed by atoms with Crippen LogP contribution in [0.25, 0.3) is 0 Å². The van der Waals surface area contributed by atoms with Crippen LogP contribution in [0.3, 0.4) is 0 Å². The number of rotatable bonds is 2. The minimum Gasteiger partial charge on any atom is -0.469 e. The van der Waals surface area contributed by atoms with Crippen molar-refractivity contribution in [3.63, 3.8) is 0 Å². The van der Waals surface area contributed by atoms with Crippen LogP contribution in [0.1, 0.15) is 18.6 Å². The summed E-state index contributed by atoms with van der Waals surface area (Å²) in [6, 6.07) is 4.00. The summed E-state index contributed by atoms with van der Waals surface area (Å²) in [4.78, 5) is 0. The first kappa shape index (κ1) is 7.87. The van der Waals surface area contributed by atoms with E-state index < -0.39 is 0 Å². The Kier molecular flexibility index (Phi) is 2.47. The van der Waals surface area contributed by atoms with Crippen molar-refractivity contribution in [1.29, 1.82) is 0 Å². The summed E-state index contributed by atoms with van der Waals surface area (Å²) >= 11 is 0. The maximum Gasteiger partial charge on any atom is 0.104 e. The SMILES string of the molecule is c1coc(CC2CCOCC2)c1. The van der Waals surface area contributed by atoms with Crippen LogP contribution < -0.4 is 0 Å². The van der Waals surface area contributed by atoms with Crippen molar-refractivity contribution in [2.24, 2.45) is 5.92 Å². The van der Waals surface area contributed by atoms with Crippen LogP contribution >= 0.6 is 0 Å². The van der Waals surface area contributed by atoms with E-state index >= 15 is 0 Å². The molecule has 0 unspecified atom stereocenters. The number of ether oxygens (including phenoxy) is 1. The maximum absolute atomic E-state index is 5.30. The molecule has 0 N–H and O–H groups in total. The highest BCUT2D eigenvalue weighted by atomic mass is 16.5. The monoisotopic (exact) mass is 166 g/mol. The zero-order valence-electron chi connectivity index (χ0n) is 7.16. The molecule has 1 aliphatic heterocycles. The second-order valence-electron chi connectivity index (χ2n) is 3.34. The van der Waals surface area contributed by atoms with Crippen molar-refractivity contribution in [3.05, 3.63) is 24.2 Å². The summed E-state index contributed by atoms with van der Waals surface area (Å²) in [6.45, 7) is 1.84. The summed E-state index contributed by atoms with van der Waals surface area (Å²) in [5.74, 6) is 1.88. The predicted octanol–water partition coefficient (Wildman–Crippen LogP) is 2.25. The second-order valence-corrected chi connectivity index (χ2v) is 3.34. The summed E-state index contributed by atoms with van der Waals surface area (Å²) < 4.78 is 10.6. The Balaban J connectivity index is 1.86. The van der Waals surface area contributed by atoms with E-state index in [4.69, 9.17) is 9.15 Å². The topological polar surface area (TPSA) is 22.4 Å². The van der Waals surface area contributed by atoms with Gasteiger partial charge in [0, 0.05) is 19.6 Å². The van der Waals surface area contributed by atoms with Gasteiger partial charge in [-0.15, -0.1) is 0 Å². The third-order valence-electron chi connectivity index (χ3n) is 2.41. The van der Waals surface area contributed by atoms with E-state index in [1.54, 1.807) is 6.26 Å². The molecule has 0 amide bonds. The fraction of sp³-hybridized carbons (Fsp3) is 0.600. The smallest absolute Gasteiger partial charge is 0.104 e. The minimum atomic E-state index is 0.768. The lowest BCUT2D eigenvalue weighted by Gasteiger charge is -2.20. The molecular weight excluding hydrogens is 152 g/mol. The van der Waals surface area contributed by atoms with Crippen LogP contribution in [0.15, 0.2) is 22.8 Å². The molecule has 12 heavy (non-hydrogen) atoms. The van der Waals surface area contributed by atoms with Gasteiger partial charge in [0.15, 0.2) is 0 Å². The number of furan rings is 1. The Hall–Kier alpha value is -0.760. The Morgan fingerprint density at radius 1 is 1.33 bits per heavy atom. The van der Waals surface area contributed by atoms with Gasteiger partial charge in [-0.3, -0.25) is 0 Å². The Labute approximate surface area is 72.5 Å². The van der Waals surface area contributed by atoms with Crippen molar-refractivity contribution in [2.75, 3.05) is 13.2 Å². The molecule has 0 atom stereocenters. The van der Waals surface area contributed by atoms with E-state index in [0.717, 1.165) is 31.3 Å². The molecule has 1 fully saturated rings. The Bertz CT molecular complexity index is 210. The van der Waals surface area contributed by atoms with Crippen molar-refractivity contribution in [1.82, 2.24) is 0 Å². The summed E-state index contributed by atoms with van der Waals surface area (Å²) in [6.07, 6.45) is 5.19. The van der Waals surface area contributed by atoms with E-state index in [1.807, 2.05) is 6.07 Å². The summed E-state index contributed by atoms with van der Waals surface area (Å²) in [5, 5.41) is 0. The van der Waals surface area contributed by atoms with Gasteiger partial charge in [-0.05, 0) is 30.9 Å². The zero-order valence-corrected chi connectivity index (χ0v) is 7.16. The highest BCUT2D eigenvalue weighted by Gasteiger charge is 2.14. The summed E-state index contributed by atoms with van der Waals surface area (Å²) in [5.41, 5.74) is 0. The van der Waals surface area contributed by atoms with Gasteiger partial charge < -0.3 is 9.15 Å². The van der Waals surface area contributed by atoms with E-state index in [9.17, 15) is 0 Å². The van der Waals surface area contributed by atoms with Crippen LogP contribution in [0.5, 0.6) is 0 Å². The molecule has 1 aliphatic rings. The lowest BCUT2D eigenvalue weighted by Crippen LogP contribution is -2.17. The van der Waals surface area contributed by atoms with Gasteiger partial charge in [-0.2, -0.15) is 0 Å². The van der Waals surface area contributed by atoms with Gasteiger partial charge in [-0.1, -0.05) is 0 Å². The predicted molar refractivity (Wildman–Crippen MR) is 46.0 cm³/mol. The molecule has 66 valence electrons. The largest absolute Gasteiger partial charge is 0.469 e. The molecule has 2 heteroatoms. The molecule has 2 nitrogen and oxygen atoms in total. The Morgan fingerprint density at radius 2 is 2.17 bits per heavy atom. The van der Waals surface area contributed by atoms with Crippen molar-refractivity contribution < 1.29 is 9.15 Å². The molecular formula is C10H14O2. The van der Waals surface area contributed by atoms with E-state index in [-0.39, 0.29) is 0 Å². The first-order valence-electron chi connectivity index (χ1n) is 4.55. The standard InChI is InChI=1S/C10H14O2/c1-2-10(12-5-1)8-9-3-6-11-7-4-9/h1-2,5,9H,3-4,6-8H2. The van der Waals surface area contributed by atoms with Crippen molar-refractivity contribution in [2.45, 2.75) is 19.3 Å². The normalized spacial score (nSPS) is 19.7. The number of hydrogen-bond donors (Lipinski definition) is 0. The molecule has 1 aromatic rings. The molecule has 0 bridgehead atoms. The Morgan fingerprint density at radius 3 is 2.83 bits per heavy atom. The molecule has 2 heterocycles. The first-order chi connectivity index (χ1) is 5.95. The van der Waals surface area contributed by atoms with Gasteiger partial charge in [0.25, 0.3) is 0 Å². The third-order valence-corrected chi connectivity index (χ3v) is 2.41. The third kappa shape index (κ3) is 1.89. The highest BCUT2D eigenvalue weighted by Crippen LogP contribution is 2.19. The van der Waals surface area contributed by atoms with Crippen LogP contribution in [-0.4, -0.2) is 13.2 Å². The van der Waals surface area contributed by atoms with Gasteiger partial charge in [-0.25, -0.2) is 0 Å². The molecule has 0 saturated carbocycles. The van der Waals surface area contributed by atoms with Crippen molar-refractivity contribution in [3.8, 4) is 0 Å². The zero-order chi connectivity index (χ0) is 8.23. The van der Waals surface area contributed by atoms with Gasteiger partial charge in [0.2, 0.25) is 0 Å². The van der Waals surface area contributed by atoms with Crippen LogP contribution in [0, 0.1) is 5.92 Å². The average molecular weight is 166 g/mol. The molecule has 1 saturated heterocycles. The first-order valence-corrected chi connectivity index (χ1v) is 4.55. The maximum atomic E-state index is 5.30. The van der Waals surface area contributed by atoms with Crippen LogP contribution in [0.4, 0.5) is 0 Å². The van der Waals surface area contributed by atoms with E-state index in [2.05, 4.69) is 6.07 Å². The van der Waals surface area contributed by atoms with Gasteiger partial charge >= 0.3 is 0 Å². The molecule has 1 aromatic heterocycles. The lowest BCUT2D eigenvalue weighted by molar-refractivity contribution is 0.0651. The molecule has 0 aromatic carbocycles. The van der Waals surface area contributed by atoms with E-state index in [0.29, 0.717) is 0 Å². The molecule has 0 spiro atoms. The number of hydrogen-bond acceptors (Lipinski definition) is 2. The summed E-state index contributed by atoms with van der Waals surface area (Å²) in [7, 11) is 0. The van der Waals surface area contributed by atoms with E-state index in [1.165, 1.54) is 12.8 Å².